The Morgan fingerprint density at radius 3 is 2.43 bits per heavy atom. The molecule has 21 heavy (non-hydrogen) atoms. The zero-order chi connectivity index (χ0) is 14.8. The topological polar surface area (TPSA) is 54.2 Å². The number of hydrogen-bond acceptors (Lipinski definition) is 4. The first kappa shape index (κ1) is 13.2. The summed E-state index contributed by atoms with van der Waals surface area (Å²) in [4.78, 5) is 6.22. The summed E-state index contributed by atoms with van der Waals surface area (Å²) >= 11 is 0. The lowest BCUT2D eigenvalue weighted by Crippen LogP contribution is -2.08. The van der Waals surface area contributed by atoms with E-state index >= 15 is 0 Å². The summed E-state index contributed by atoms with van der Waals surface area (Å²) in [5.74, 6) is 0. The number of anilines is 4. The highest BCUT2D eigenvalue weighted by Gasteiger charge is 2.04. The van der Waals surface area contributed by atoms with E-state index in [-0.39, 0.29) is 0 Å². The molecule has 0 unspecified atom stereocenters. The number of nitrogens with two attached hydrogens (primary N) is 1. The van der Waals surface area contributed by atoms with Gasteiger partial charge in [0.25, 0.3) is 0 Å². The summed E-state index contributed by atoms with van der Waals surface area (Å²) in [7, 11) is 4.06. The van der Waals surface area contributed by atoms with Gasteiger partial charge in [0, 0.05) is 60.0 Å². The number of fused-ring (bicyclic) bond motifs is 1. The zero-order valence-electron chi connectivity index (χ0n) is 12.2. The quantitative estimate of drug-likeness (QED) is 0.718. The van der Waals surface area contributed by atoms with Gasteiger partial charge in [-0.05, 0) is 42.5 Å². The van der Waals surface area contributed by atoms with Gasteiger partial charge in [0.15, 0.2) is 0 Å². The third-order valence-corrected chi connectivity index (χ3v) is 3.51. The Bertz CT molecular complexity index is 763. The molecule has 0 aliphatic rings. The van der Waals surface area contributed by atoms with E-state index in [4.69, 9.17) is 5.73 Å². The largest absolute Gasteiger partial charge is 0.398 e. The second kappa shape index (κ2) is 5.32. The van der Waals surface area contributed by atoms with Crippen molar-refractivity contribution in [3.8, 4) is 0 Å². The Hall–Kier alpha value is -2.75. The van der Waals surface area contributed by atoms with Crippen LogP contribution in [0.4, 0.5) is 22.7 Å². The Kier molecular flexibility index (Phi) is 3.36. The average molecular weight is 278 g/mol. The van der Waals surface area contributed by atoms with E-state index in [0.717, 1.165) is 27.8 Å². The third-order valence-electron chi connectivity index (χ3n) is 3.51. The van der Waals surface area contributed by atoms with Crippen LogP contribution in [0.3, 0.4) is 0 Å². The minimum Gasteiger partial charge on any atom is -0.398 e. The minimum absolute atomic E-state index is 0.742. The second-order valence-corrected chi connectivity index (χ2v) is 5.19. The van der Waals surface area contributed by atoms with Crippen molar-refractivity contribution in [3.05, 3.63) is 54.9 Å². The number of nitrogen functional groups attached to an aromatic ring is 1. The highest BCUT2D eigenvalue weighted by atomic mass is 15.1. The van der Waals surface area contributed by atoms with E-state index in [1.807, 2.05) is 32.3 Å². The van der Waals surface area contributed by atoms with Gasteiger partial charge in [-0.2, -0.15) is 0 Å². The number of rotatable bonds is 3. The van der Waals surface area contributed by atoms with Crippen molar-refractivity contribution in [1.82, 2.24) is 4.98 Å². The predicted octanol–water partition coefficient (Wildman–Crippen LogP) is 3.63. The highest BCUT2D eigenvalue weighted by molar-refractivity contribution is 6.01. The molecule has 0 fully saturated rings. The highest BCUT2D eigenvalue weighted by Crippen LogP contribution is 2.30. The molecule has 3 N–H and O–H groups in total. The van der Waals surface area contributed by atoms with Crippen molar-refractivity contribution in [1.29, 1.82) is 0 Å². The molecule has 0 bridgehead atoms. The van der Waals surface area contributed by atoms with Gasteiger partial charge in [0.05, 0.1) is 0 Å². The summed E-state index contributed by atoms with van der Waals surface area (Å²) in [5, 5.41) is 5.47. The Labute approximate surface area is 124 Å². The summed E-state index contributed by atoms with van der Waals surface area (Å²) in [6, 6.07) is 14.2. The van der Waals surface area contributed by atoms with Crippen LogP contribution in [0.25, 0.3) is 10.8 Å². The maximum absolute atomic E-state index is 6.00. The maximum atomic E-state index is 6.00. The van der Waals surface area contributed by atoms with Crippen LogP contribution in [-0.2, 0) is 0 Å². The van der Waals surface area contributed by atoms with Crippen molar-refractivity contribution < 1.29 is 0 Å². The van der Waals surface area contributed by atoms with Gasteiger partial charge in [0.1, 0.15) is 0 Å². The van der Waals surface area contributed by atoms with Gasteiger partial charge in [0.2, 0.25) is 0 Å². The predicted molar refractivity (Wildman–Crippen MR) is 90.2 cm³/mol. The van der Waals surface area contributed by atoms with Crippen molar-refractivity contribution in [2.75, 3.05) is 30.0 Å². The van der Waals surface area contributed by atoms with Gasteiger partial charge in [-0.15, -0.1) is 0 Å². The first-order chi connectivity index (χ1) is 10.1. The summed E-state index contributed by atoms with van der Waals surface area (Å²) in [6.07, 6.45) is 3.58. The van der Waals surface area contributed by atoms with E-state index in [9.17, 15) is 0 Å². The molecule has 0 aliphatic heterocycles. The summed E-state index contributed by atoms with van der Waals surface area (Å²) < 4.78 is 0. The maximum Gasteiger partial charge on any atom is 0.0466 e. The van der Waals surface area contributed by atoms with Crippen LogP contribution in [0.2, 0.25) is 0 Å². The van der Waals surface area contributed by atoms with Gasteiger partial charge < -0.3 is 16.0 Å². The van der Waals surface area contributed by atoms with Crippen molar-refractivity contribution in [2.45, 2.75) is 0 Å². The van der Waals surface area contributed by atoms with Crippen molar-refractivity contribution in [3.63, 3.8) is 0 Å². The Balaban J connectivity index is 1.96. The monoisotopic (exact) mass is 278 g/mol. The summed E-state index contributed by atoms with van der Waals surface area (Å²) in [5.41, 5.74) is 9.99. The van der Waals surface area contributed by atoms with E-state index in [0.29, 0.717) is 0 Å². The second-order valence-electron chi connectivity index (χ2n) is 5.19. The van der Waals surface area contributed by atoms with Crippen LogP contribution < -0.4 is 16.0 Å². The smallest absolute Gasteiger partial charge is 0.0466 e. The van der Waals surface area contributed by atoms with Gasteiger partial charge in [-0.3, -0.25) is 4.98 Å². The number of nitrogens with one attached hydrogen (secondary N) is 1. The SMILES string of the molecule is CN(C)c1ccc(Nc2ccc(N)c3cnccc23)cc1. The van der Waals surface area contributed by atoms with Crippen LogP contribution in [0.15, 0.2) is 54.9 Å². The molecule has 4 heteroatoms. The molecule has 1 heterocycles. The van der Waals surface area contributed by atoms with Gasteiger partial charge >= 0.3 is 0 Å². The van der Waals surface area contributed by atoms with Crippen LogP contribution in [0, 0.1) is 0 Å². The van der Waals surface area contributed by atoms with Crippen LogP contribution >= 0.6 is 0 Å². The average Bonchev–Trinajstić information content (AvgIpc) is 2.51. The minimum atomic E-state index is 0.742. The van der Waals surface area contributed by atoms with Crippen molar-refractivity contribution >= 4 is 33.5 Å². The number of hydrogen-bond donors (Lipinski definition) is 2. The Morgan fingerprint density at radius 1 is 0.952 bits per heavy atom. The molecule has 0 spiro atoms. The van der Waals surface area contributed by atoms with E-state index in [2.05, 4.69) is 39.5 Å². The van der Waals surface area contributed by atoms with Crippen LogP contribution in [0.5, 0.6) is 0 Å². The zero-order valence-corrected chi connectivity index (χ0v) is 12.2. The molecule has 0 saturated carbocycles. The number of aromatic nitrogens is 1. The number of benzene rings is 2. The standard InChI is InChI=1S/C17H18N4/c1-21(2)13-5-3-12(4-6-13)20-17-8-7-16(18)15-11-19-10-9-14(15)17/h3-11,20H,18H2,1-2H3. The molecule has 0 atom stereocenters. The molecular formula is C17H18N4. The molecule has 106 valence electrons. The van der Waals surface area contributed by atoms with E-state index in [1.165, 1.54) is 5.69 Å². The van der Waals surface area contributed by atoms with Crippen LogP contribution in [0.1, 0.15) is 0 Å². The lowest BCUT2D eigenvalue weighted by Gasteiger charge is -2.14. The fourth-order valence-electron chi connectivity index (χ4n) is 2.32. The molecule has 0 radical (unpaired) electrons. The van der Waals surface area contributed by atoms with Gasteiger partial charge in [-0.25, -0.2) is 0 Å². The fraction of sp³-hybridized carbons (Fsp3) is 0.118. The molecule has 4 nitrogen and oxygen atoms in total. The summed E-state index contributed by atoms with van der Waals surface area (Å²) in [6.45, 7) is 0. The number of pyridine rings is 1. The lowest BCUT2D eigenvalue weighted by atomic mass is 10.1. The fourth-order valence-corrected chi connectivity index (χ4v) is 2.32. The first-order valence-electron chi connectivity index (χ1n) is 6.82. The lowest BCUT2D eigenvalue weighted by molar-refractivity contribution is 1.13. The number of nitrogens with zero attached hydrogens (tertiary/aromatic N) is 2. The van der Waals surface area contributed by atoms with E-state index < -0.39 is 0 Å². The molecule has 3 rings (SSSR count). The molecule has 2 aromatic carbocycles. The molecule has 0 saturated heterocycles. The molecule has 0 aliphatic carbocycles. The van der Waals surface area contributed by atoms with E-state index in [1.54, 1.807) is 12.4 Å². The van der Waals surface area contributed by atoms with Crippen molar-refractivity contribution in [2.24, 2.45) is 0 Å². The molecular weight excluding hydrogens is 260 g/mol. The molecule has 1 aromatic heterocycles. The molecule has 0 amide bonds. The van der Waals surface area contributed by atoms with Gasteiger partial charge in [-0.1, -0.05) is 0 Å². The normalized spacial score (nSPS) is 10.6. The third kappa shape index (κ3) is 2.60. The van der Waals surface area contributed by atoms with Crippen LogP contribution in [-0.4, -0.2) is 19.1 Å². The first-order valence-corrected chi connectivity index (χ1v) is 6.82. The molecule has 3 aromatic rings. The Morgan fingerprint density at radius 2 is 1.71 bits per heavy atom.